The van der Waals surface area contributed by atoms with Crippen LogP contribution < -0.4 is 4.74 Å². The number of rotatable bonds is 6. The topological polar surface area (TPSA) is 60.2 Å². The minimum atomic E-state index is 0.228. The number of para-hydroxylation sites is 1. The number of ether oxygens (including phenoxy) is 1. The second kappa shape index (κ2) is 6.60. The third-order valence-electron chi connectivity index (χ3n) is 3.74. The van der Waals surface area contributed by atoms with Gasteiger partial charge in [0.05, 0.1) is 12.2 Å². The fraction of sp³-hybridized carbons (Fsp3) is 0.438. The average Bonchev–Trinajstić information content (AvgIpc) is 2.93. The van der Waals surface area contributed by atoms with Gasteiger partial charge in [-0.1, -0.05) is 30.3 Å². The molecule has 6 heteroatoms. The largest absolute Gasteiger partial charge is 0.487 e. The van der Waals surface area contributed by atoms with E-state index in [4.69, 9.17) is 4.74 Å². The molecule has 1 aromatic heterocycles. The number of nitrogens with zero attached hydrogens (tertiary/aromatic N) is 4. The summed E-state index contributed by atoms with van der Waals surface area (Å²) in [6.07, 6.45) is 3.42. The molecule has 0 bridgehead atoms. The van der Waals surface area contributed by atoms with Crippen molar-refractivity contribution in [3.05, 3.63) is 42.2 Å². The van der Waals surface area contributed by atoms with Gasteiger partial charge in [-0.3, -0.25) is 4.79 Å². The van der Waals surface area contributed by atoms with Gasteiger partial charge in [-0.05, 0) is 18.6 Å². The Kier molecular flexibility index (Phi) is 4.37. The maximum absolute atomic E-state index is 11.7. The second-order valence-corrected chi connectivity index (χ2v) is 5.49. The molecule has 22 heavy (non-hydrogen) atoms. The molecule has 3 rings (SSSR count). The smallest absolute Gasteiger partial charge is 0.222 e. The molecule has 1 aliphatic heterocycles. The predicted octanol–water partition coefficient (Wildman–Crippen LogP) is 2.04. The van der Waals surface area contributed by atoms with Crippen LogP contribution in [0.3, 0.4) is 0 Å². The summed E-state index contributed by atoms with van der Waals surface area (Å²) in [4.78, 5) is 13.6. The Balaban J connectivity index is 1.49. The van der Waals surface area contributed by atoms with Crippen molar-refractivity contribution in [2.24, 2.45) is 0 Å². The number of hydrogen-bond acceptors (Lipinski definition) is 4. The Labute approximate surface area is 129 Å². The molecular weight excluding hydrogens is 280 g/mol. The molecule has 2 aromatic rings. The van der Waals surface area contributed by atoms with Crippen molar-refractivity contribution in [3.63, 3.8) is 0 Å². The lowest BCUT2D eigenvalue weighted by molar-refractivity contribution is -0.137. The number of hydrogen-bond donors (Lipinski definition) is 0. The minimum absolute atomic E-state index is 0.228. The van der Waals surface area contributed by atoms with Crippen LogP contribution in [0.25, 0.3) is 0 Å². The van der Waals surface area contributed by atoms with Gasteiger partial charge >= 0.3 is 0 Å². The van der Waals surface area contributed by atoms with E-state index in [1.807, 2.05) is 53.0 Å². The van der Waals surface area contributed by atoms with Crippen LogP contribution in [0, 0.1) is 0 Å². The Hall–Kier alpha value is -2.37. The standard InChI is InChI=1S/C16H20N4O2/c1-2-6-16(21)19-10-14(11-19)20-9-13(17-18-20)12-22-15-7-4-3-5-8-15/h3-5,7-9,14H,2,6,10-12H2,1H3. The van der Waals surface area contributed by atoms with E-state index >= 15 is 0 Å². The van der Waals surface area contributed by atoms with Crippen molar-refractivity contribution in [3.8, 4) is 5.75 Å². The average molecular weight is 300 g/mol. The zero-order chi connectivity index (χ0) is 15.4. The van der Waals surface area contributed by atoms with Gasteiger partial charge in [-0.2, -0.15) is 0 Å². The highest BCUT2D eigenvalue weighted by atomic mass is 16.5. The summed E-state index contributed by atoms with van der Waals surface area (Å²) in [7, 11) is 0. The van der Waals surface area contributed by atoms with Gasteiger partial charge in [0.1, 0.15) is 18.1 Å². The Bertz CT molecular complexity index is 620. The molecule has 1 aliphatic rings. The maximum Gasteiger partial charge on any atom is 0.222 e. The van der Waals surface area contributed by atoms with Crippen LogP contribution in [-0.2, 0) is 11.4 Å². The van der Waals surface area contributed by atoms with Crippen molar-refractivity contribution < 1.29 is 9.53 Å². The van der Waals surface area contributed by atoms with E-state index in [0.29, 0.717) is 13.0 Å². The SMILES string of the molecule is CCCC(=O)N1CC(n2cc(COc3ccccc3)nn2)C1. The number of amides is 1. The molecule has 1 fully saturated rings. The highest BCUT2D eigenvalue weighted by Crippen LogP contribution is 2.21. The first kappa shape index (κ1) is 14.6. The Morgan fingerprint density at radius 1 is 1.32 bits per heavy atom. The van der Waals surface area contributed by atoms with Crippen LogP contribution >= 0.6 is 0 Å². The fourth-order valence-corrected chi connectivity index (χ4v) is 2.43. The Morgan fingerprint density at radius 2 is 2.09 bits per heavy atom. The zero-order valence-corrected chi connectivity index (χ0v) is 12.7. The molecule has 0 spiro atoms. The molecule has 0 saturated carbocycles. The van der Waals surface area contributed by atoms with Crippen molar-refractivity contribution >= 4 is 5.91 Å². The lowest BCUT2D eigenvalue weighted by atomic mass is 10.1. The molecule has 1 aromatic carbocycles. The summed E-state index contributed by atoms with van der Waals surface area (Å²) < 4.78 is 7.48. The predicted molar refractivity (Wildman–Crippen MR) is 81.3 cm³/mol. The first-order valence-corrected chi connectivity index (χ1v) is 7.62. The summed E-state index contributed by atoms with van der Waals surface area (Å²) in [5, 5.41) is 8.26. The van der Waals surface area contributed by atoms with E-state index in [0.717, 1.165) is 31.0 Å². The Morgan fingerprint density at radius 3 is 2.82 bits per heavy atom. The van der Waals surface area contributed by atoms with E-state index in [1.54, 1.807) is 0 Å². The first-order valence-electron chi connectivity index (χ1n) is 7.62. The zero-order valence-electron chi connectivity index (χ0n) is 12.7. The van der Waals surface area contributed by atoms with Crippen molar-refractivity contribution in [1.29, 1.82) is 0 Å². The first-order chi connectivity index (χ1) is 10.8. The van der Waals surface area contributed by atoms with E-state index in [9.17, 15) is 4.79 Å². The molecule has 0 radical (unpaired) electrons. The monoisotopic (exact) mass is 300 g/mol. The van der Waals surface area contributed by atoms with Crippen molar-refractivity contribution in [2.45, 2.75) is 32.4 Å². The van der Waals surface area contributed by atoms with E-state index in [2.05, 4.69) is 10.3 Å². The lowest BCUT2D eigenvalue weighted by Crippen LogP contribution is -2.50. The summed E-state index contributed by atoms with van der Waals surface area (Å²) in [5.41, 5.74) is 0.794. The van der Waals surface area contributed by atoms with Crippen LogP contribution in [0.4, 0.5) is 0 Å². The van der Waals surface area contributed by atoms with Crippen molar-refractivity contribution in [1.82, 2.24) is 19.9 Å². The number of aromatic nitrogens is 3. The van der Waals surface area contributed by atoms with Crippen LogP contribution in [0.2, 0.25) is 0 Å². The molecule has 116 valence electrons. The molecule has 2 heterocycles. The normalized spacial score (nSPS) is 14.7. The fourth-order valence-electron chi connectivity index (χ4n) is 2.43. The third kappa shape index (κ3) is 3.27. The molecule has 0 atom stereocenters. The van der Waals surface area contributed by atoms with Crippen LogP contribution in [-0.4, -0.2) is 38.9 Å². The molecule has 1 saturated heterocycles. The summed E-state index contributed by atoms with van der Waals surface area (Å²) >= 11 is 0. The summed E-state index contributed by atoms with van der Waals surface area (Å²) in [6.45, 7) is 3.86. The molecule has 6 nitrogen and oxygen atoms in total. The van der Waals surface area contributed by atoms with Crippen LogP contribution in [0.5, 0.6) is 5.75 Å². The number of carbonyl (C=O) groups is 1. The highest BCUT2D eigenvalue weighted by Gasteiger charge is 2.32. The van der Waals surface area contributed by atoms with Gasteiger partial charge in [0.25, 0.3) is 0 Å². The van der Waals surface area contributed by atoms with E-state index in [1.165, 1.54) is 0 Å². The molecule has 0 unspecified atom stereocenters. The van der Waals surface area contributed by atoms with Gasteiger partial charge in [0.2, 0.25) is 5.91 Å². The van der Waals surface area contributed by atoms with Gasteiger partial charge in [-0.15, -0.1) is 5.10 Å². The summed E-state index contributed by atoms with van der Waals surface area (Å²) in [5.74, 6) is 1.04. The highest BCUT2D eigenvalue weighted by molar-refractivity contribution is 5.77. The van der Waals surface area contributed by atoms with E-state index in [-0.39, 0.29) is 11.9 Å². The number of likely N-dealkylation sites (tertiary alicyclic amines) is 1. The van der Waals surface area contributed by atoms with Crippen molar-refractivity contribution in [2.75, 3.05) is 13.1 Å². The van der Waals surface area contributed by atoms with Gasteiger partial charge < -0.3 is 9.64 Å². The second-order valence-electron chi connectivity index (χ2n) is 5.49. The van der Waals surface area contributed by atoms with Crippen LogP contribution in [0.1, 0.15) is 31.5 Å². The van der Waals surface area contributed by atoms with Crippen LogP contribution in [0.15, 0.2) is 36.5 Å². The minimum Gasteiger partial charge on any atom is -0.487 e. The molecular formula is C16H20N4O2. The maximum atomic E-state index is 11.7. The number of benzene rings is 1. The van der Waals surface area contributed by atoms with E-state index < -0.39 is 0 Å². The third-order valence-corrected chi connectivity index (χ3v) is 3.74. The molecule has 1 amide bonds. The van der Waals surface area contributed by atoms with Gasteiger partial charge in [-0.25, -0.2) is 4.68 Å². The molecule has 0 aliphatic carbocycles. The number of carbonyl (C=O) groups excluding carboxylic acids is 1. The molecule has 0 N–H and O–H groups in total. The summed E-state index contributed by atoms with van der Waals surface area (Å²) in [6, 6.07) is 9.87. The lowest BCUT2D eigenvalue weighted by Gasteiger charge is -2.38. The van der Waals surface area contributed by atoms with Gasteiger partial charge in [0, 0.05) is 19.5 Å². The van der Waals surface area contributed by atoms with Gasteiger partial charge in [0.15, 0.2) is 0 Å². The quantitative estimate of drug-likeness (QED) is 0.819.